The highest BCUT2D eigenvalue weighted by Gasteiger charge is 2.25. The molecular formula is C15H23N3O2. The Labute approximate surface area is 120 Å². The molecule has 0 saturated heterocycles. The molecule has 2 amide bonds. The molecule has 110 valence electrons. The molecule has 2 atom stereocenters. The summed E-state index contributed by atoms with van der Waals surface area (Å²) < 4.78 is 0. The van der Waals surface area contributed by atoms with Crippen molar-refractivity contribution in [2.75, 3.05) is 0 Å². The monoisotopic (exact) mass is 277 g/mol. The van der Waals surface area contributed by atoms with Gasteiger partial charge in [-0.1, -0.05) is 26.8 Å². The lowest BCUT2D eigenvalue weighted by molar-refractivity contribution is -0.133. The Morgan fingerprint density at radius 3 is 2.30 bits per heavy atom. The highest BCUT2D eigenvalue weighted by Crippen LogP contribution is 2.13. The van der Waals surface area contributed by atoms with Gasteiger partial charge in [0.25, 0.3) is 0 Å². The molecule has 0 bridgehead atoms. The van der Waals surface area contributed by atoms with Gasteiger partial charge in [0.1, 0.15) is 6.04 Å². The molecule has 1 aromatic heterocycles. The van der Waals surface area contributed by atoms with Crippen LogP contribution in [0.1, 0.15) is 46.4 Å². The summed E-state index contributed by atoms with van der Waals surface area (Å²) >= 11 is 0. The third-order valence-corrected chi connectivity index (χ3v) is 2.91. The van der Waals surface area contributed by atoms with Crippen LogP contribution >= 0.6 is 0 Å². The zero-order valence-corrected chi connectivity index (χ0v) is 12.7. The van der Waals surface area contributed by atoms with E-state index < -0.39 is 11.5 Å². The van der Waals surface area contributed by atoms with E-state index in [-0.39, 0.29) is 17.9 Å². The van der Waals surface area contributed by atoms with Crippen LogP contribution in [0.25, 0.3) is 0 Å². The first-order chi connectivity index (χ1) is 9.21. The number of carbonyl (C=O) groups excluding carboxylic acids is 2. The van der Waals surface area contributed by atoms with Crippen molar-refractivity contribution in [2.45, 2.75) is 46.7 Å². The number of aromatic nitrogens is 1. The second kappa shape index (κ2) is 6.50. The van der Waals surface area contributed by atoms with Crippen LogP contribution in [0.4, 0.5) is 0 Å². The van der Waals surface area contributed by atoms with Crippen LogP contribution in [0.3, 0.4) is 0 Å². The Morgan fingerprint density at radius 1 is 1.15 bits per heavy atom. The highest BCUT2D eigenvalue weighted by atomic mass is 16.2. The summed E-state index contributed by atoms with van der Waals surface area (Å²) in [4.78, 5) is 28.1. The summed E-state index contributed by atoms with van der Waals surface area (Å²) in [6.07, 6.45) is 1.68. The summed E-state index contributed by atoms with van der Waals surface area (Å²) in [7, 11) is 0. The lowest BCUT2D eigenvalue weighted by Gasteiger charge is -2.22. The number of nitrogens with one attached hydrogen (secondary N) is 2. The molecule has 1 rings (SSSR count). The summed E-state index contributed by atoms with van der Waals surface area (Å²) in [5.74, 6) is -0.369. The quantitative estimate of drug-likeness (QED) is 0.881. The lowest BCUT2D eigenvalue weighted by atomic mass is 9.95. The standard InChI is InChI=1S/C15H23N3O2/c1-10(12-8-6-7-9-16-12)17-13(19)11(2)18-14(20)15(3,4)5/h6-11H,1-5H3,(H,17,19)(H,18,20)/t10-,11+/m0/s1. The van der Waals surface area contributed by atoms with Crippen LogP contribution in [0.2, 0.25) is 0 Å². The van der Waals surface area contributed by atoms with E-state index in [1.807, 2.05) is 45.9 Å². The van der Waals surface area contributed by atoms with E-state index in [4.69, 9.17) is 0 Å². The first-order valence-corrected chi connectivity index (χ1v) is 6.74. The van der Waals surface area contributed by atoms with Gasteiger partial charge in [0.05, 0.1) is 11.7 Å². The van der Waals surface area contributed by atoms with Gasteiger partial charge < -0.3 is 10.6 Å². The largest absolute Gasteiger partial charge is 0.346 e. The molecule has 0 fully saturated rings. The van der Waals surface area contributed by atoms with Crippen molar-refractivity contribution < 1.29 is 9.59 Å². The first-order valence-electron chi connectivity index (χ1n) is 6.74. The van der Waals surface area contributed by atoms with Crippen molar-refractivity contribution in [3.05, 3.63) is 30.1 Å². The van der Waals surface area contributed by atoms with Crippen LogP contribution in [-0.2, 0) is 9.59 Å². The predicted octanol–water partition coefficient (Wildman–Crippen LogP) is 1.81. The molecule has 1 heterocycles. The molecule has 0 unspecified atom stereocenters. The molecule has 5 heteroatoms. The fraction of sp³-hybridized carbons (Fsp3) is 0.533. The maximum atomic E-state index is 12.0. The van der Waals surface area contributed by atoms with E-state index in [0.717, 1.165) is 5.69 Å². The molecule has 0 aliphatic rings. The molecular weight excluding hydrogens is 254 g/mol. The Kier molecular flexibility index (Phi) is 5.25. The van der Waals surface area contributed by atoms with Gasteiger partial charge in [-0.05, 0) is 26.0 Å². The molecule has 0 radical (unpaired) electrons. The number of rotatable bonds is 4. The smallest absolute Gasteiger partial charge is 0.242 e. The van der Waals surface area contributed by atoms with Crippen molar-refractivity contribution >= 4 is 11.8 Å². The van der Waals surface area contributed by atoms with Gasteiger partial charge >= 0.3 is 0 Å². The minimum absolute atomic E-state index is 0.148. The normalized spacial score (nSPS) is 14.2. The molecule has 0 aliphatic heterocycles. The van der Waals surface area contributed by atoms with Crippen LogP contribution in [0, 0.1) is 5.41 Å². The van der Waals surface area contributed by atoms with Crippen molar-refractivity contribution in [3.63, 3.8) is 0 Å². The molecule has 20 heavy (non-hydrogen) atoms. The number of pyridine rings is 1. The Hall–Kier alpha value is -1.91. The predicted molar refractivity (Wildman–Crippen MR) is 77.9 cm³/mol. The number of hydrogen-bond donors (Lipinski definition) is 2. The molecule has 5 nitrogen and oxygen atoms in total. The van der Waals surface area contributed by atoms with Gasteiger partial charge in [-0.3, -0.25) is 14.6 Å². The van der Waals surface area contributed by atoms with Gasteiger partial charge in [-0.2, -0.15) is 0 Å². The minimum atomic E-state index is -0.576. The van der Waals surface area contributed by atoms with Gasteiger partial charge in [0.2, 0.25) is 11.8 Å². The number of amides is 2. The maximum Gasteiger partial charge on any atom is 0.242 e. The summed E-state index contributed by atoms with van der Waals surface area (Å²) in [6.45, 7) is 8.96. The summed E-state index contributed by atoms with van der Waals surface area (Å²) in [5.41, 5.74) is 0.274. The van der Waals surface area contributed by atoms with Gasteiger partial charge in [-0.15, -0.1) is 0 Å². The van der Waals surface area contributed by atoms with Crippen molar-refractivity contribution in [1.82, 2.24) is 15.6 Å². The topological polar surface area (TPSA) is 71.1 Å². The van der Waals surface area contributed by atoms with Crippen LogP contribution in [0.5, 0.6) is 0 Å². The fourth-order valence-corrected chi connectivity index (χ4v) is 1.52. The van der Waals surface area contributed by atoms with Crippen LogP contribution in [-0.4, -0.2) is 22.8 Å². The highest BCUT2D eigenvalue weighted by molar-refractivity contribution is 5.89. The first kappa shape index (κ1) is 16.1. The molecule has 0 aromatic carbocycles. The Bertz CT molecular complexity index is 466. The van der Waals surface area contributed by atoms with Gasteiger partial charge in [0, 0.05) is 11.6 Å². The van der Waals surface area contributed by atoms with Crippen molar-refractivity contribution in [3.8, 4) is 0 Å². The SMILES string of the molecule is C[C@H](NC(=O)[C@@H](C)NC(=O)C(C)(C)C)c1ccccn1. The van der Waals surface area contributed by atoms with E-state index in [1.165, 1.54) is 0 Å². The lowest BCUT2D eigenvalue weighted by Crippen LogP contribution is -2.48. The van der Waals surface area contributed by atoms with Crippen LogP contribution < -0.4 is 10.6 Å². The maximum absolute atomic E-state index is 12.0. The zero-order chi connectivity index (χ0) is 15.3. The Balaban J connectivity index is 2.56. The Morgan fingerprint density at radius 2 is 1.80 bits per heavy atom. The van der Waals surface area contributed by atoms with E-state index in [9.17, 15) is 9.59 Å². The molecule has 1 aromatic rings. The molecule has 0 aliphatic carbocycles. The van der Waals surface area contributed by atoms with E-state index >= 15 is 0 Å². The van der Waals surface area contributed by atoms with Crippen molar-refractivity contribution in [2.24, 2.45) is 5.41 Å². The van der Waals surface area contributed by atoms with E-state index in [1.54, 1.807) is 13.1 Å². The van der Waals surface area contributed by atoms with Gasteiger partial charge in [-0.25, -0.2) is 0 Å². The van der Waals surface area contributed by atoms with Crippen molar-refractivity contribution in [1.29, 1.82) is 0 Å². The summed E-state index contributed by atoms with van der Waals surface area (Å²) in [5, 5.41) is 5.54. The molecule has 0 saturated carbocycles. The summed E-state index contributed by atoms with van der Waals surface area (Å²) in [6, 6.07) is 4.77. The number of hydrogen-bond acceptors (Lipinski definition) is 3. The van der Waals surface area contributed by atoms with E-state index in [0.29, 0.717) is 0 Å². The second-order valence-corrected chi connectivity index (χ2v) is 5.93. The third kappa shape index (κ3) is 4.64. The van der Waals surface area contributed by atoms with E-state index in [2.05, 4.69) is 15.6 Å². The number of nitrogens with zero attached hydrogens (tertiary/aromatic N) is 1. The average molecular weight is 277 g/mol. The second-order valence-electron chi connectivity index (χ2n) is 5.93. The third-order valence-electron chi connectivity index (χ3n) is 2.91. The molecule has 0 spiro atoms. The zero-order valence-electron chi connectivity index (χ0n) is 12.7. The van der Waals surface area contributed by atoms with Gasteiger partial charge in [0.15, 0.2) is 0 Å². The molecule has 2 N–H and O–H groups in total. The minimum Gasteiger partial charge on any atom is -0.346 e. The fourth-order valence-electron chi connectivity index (χ4n) is 1.52. The number of carbonyl (C=O) groups is 2. The average Bonchev–Trinajstić information content (AvgIpc) is 2.38. The van der Waals surface area contributed by atoms with Crippen LogP contribution in [0.15, 0.2) is 24.4 Å².